The van der Waals surface area contributed by atoms with Gasteiger partial charge in [0.15, 0.2) is 9.84 Å². The number of halogens is 1. The number of rotatable bonds is 5. The number of benzene rings is 1. The van der Waals surface area contributed by atoms with E-state index in [9.17, 15) is 22.9 Å². The smallest absolute Gasteiger partial charge is 0.423 e. The summed E-state index contributed by atoms with van der Waals surface area (Å²) in [6, 6.07) is 3.09. The minimum absolute atomic E-state index is 0.123. The molecule has 0 saturated carbocycles. The van der Waals surface area contributed by atoms with Crippen LogP contribution in [0.3, 0.4) is 0 Å². The molecule has 21 heavy (non-hydrogen) atoms. The van der Waals surface area contributed by atoms with Gasteiger partial charge in [-0.2, -0.15) is 0 Å². The molecule has 0 saturated heterocycles. The Bertz CT molecular complexity index is 622. The lowest BCUT2D eigenvalue weighted by atomic mass is 9.76. The fourth-order valence-electron chi connectivity index (χ4n) is 1.43. The topological polar surface area (TPSA) is 83.8 Å². The van der Waals surface area contributed by atoms with E-state index in [0.29, 0.717) is 0 Å². The third kappa shape index (κ3) is 4.26. The standard InChI is InChI=1S/C13H20BFO5S/c1-12(2,16)13(3,4)20-14(17)10-8-9(21(5,18)19)6-7-11(10)15/h6-8,16-17H,1-5H3. The zero-order valence-corrected chi connectivity index (χ0v) is 13.5. The number of sulfone groups is 1. The van der Waals surface area contributed by atoms with E-state index in [2.05, 4.69) is 0 Å². The van der Waals surface area contributed by atoms with Crippen LogP contribution in [0.15, 0.2) is 23.1 Å². The van der Waals surface area contributed by atoms with Crippen molar-refractivity contribution in [2.24, 2.45) is 0 Å². The first-order chi connectivity index (χ1) is 9.25. The molecule has 5 nitrogen and oxygen atoms in total. The summed E-state index contributed by atoms with van der Waals surface area (Å²) < 4.78 is 42.0. The van der Waals surface area contributed by atoms with Crippen molar-refractivity contribution in [1.29, 1.82) is 0 Å². The Kier molecular flexibility index (Phi) is 4.89. The molecule has 2 N–H and O–H groups in total. The highest BCUT2D eigenvalue weighted by Crippen LogP contribution is 2.25. The van der Waals surface area contributed by atoms with Gasteiger partial charge in [-0.25, -0.2) is 12.8 Å². The first-order valence-corrected chi connectivity index (χ1v) is 8.22. The third-order valence-electron chi connectivity index (χ3n) is 3.54. The fourth-order valence-corrected chi connectivity index (χ4v) is 2.08. The van der Waals surface area contributed by atoms with Crippen molar-refractivity contribution < 1.29 is 27.6 Å². The van der Waals surface area contributed by atoms with Gasteiger partial charge in [0.25, 0.3) is 0 Å². The molecule has 0 aliphatic rings. The van der Waals surface area contributed by atoms with Gasteiger partial charge in [0.2, 0.25) is 0 Å². The van der Waals surface area contributed by atoms with Crippen LogP contribution in [0.4, 0.5) is 4.39 Å². The van der Waals surface area contributed by atoms with Crippen LogP contribution in [0.5, 0.6) is 0 Å². The van der Waals surface area contributed by atoms with Crippen molar-refractivity contribution in [2.75, 3.05) is 6.26 Å². The van der Waals surface area contributed by atoms with E-state index in [1.54, 1.807) is 0 Å². The average molecular weight is 318 g/mol. The first-order valence-electron chi connectivity index (χ1n) is 6.33. The lowest BCUT2D eigenvalue weighted by Gasteiger charge is -2.38. The Morgan fingerprint density at radius 1 is 1.24 bits per heavy atom. The SMILES string of the molecule is CC(C)(O)C(C)(C)OB(O)c1cc(S(C)(=O)=O)ccc1F. The second kappa shape index (κ2) is 5.68. The van der Waals surface area contributed by atoms with Crippen molar-refractivity contribution in [2.45, 2.75) is 43.8 Å². The maximum atomic E-state index is 13.8. The Morgan fingerprint density at radius 2 is 1.76 bits per heavy atom. The van der Waals surface area contributed by atoms with Gasteiger partial charge in [-0.3, -0.25) is 0 Å². The third-order valence-corrected chi connectivity index (χ3v) is 4.65. The molecule has 8 heteroatoms. The number of hydrogen-bond donors (Lipinski definition) is 2. The van der Waals surface area contributed by atoms with Gasteiger partial charge < -0.3 is 14.8 Å². The van der Waals surface area contributed by atoms with E-state index in [1.807, 2.05) is 0 Å². The quantitative estimate of drug-likeness (QED) is 0.609. The summed E-state index contributed by atoms with van der Waals surface area (Å²) in [6.45, 7) is 6.05. The van der Waals surface area contributed by atoms with Crippen molar-refractivity contribution in [3.05, 3.63) is 24.0 Å². The summed E-state index contributed by atoms with van der Waals surface area (Å²) in [4.78, 5) is -0.123. The molecule has 0 amide bonds. The predicted octanol–water partition coefficient (Wildman–Crippen LogP) is 0.483. The number of hydrogen-bond acceptors (Lipinski definition) is 5. The lowest BCUT2D eigenvalue weighted by Crippen LogP contribution is -2.53. The van der Waals surface area contributed by atoms with Gasteiger partial charge in [0.05, 0.1) is 16.1 Å². The summed E-state index contributed by atoms with van der Waals surface area (Å²) in [6.07, 6.45) is 0.984. The van der Waals surface area contributed by atoms with Gasteiger partial charge in [-0.05, 0) is 45.9 Å². The summed E-state index contributed by atoms with van der Waals surface area (Å²) >= 11 is 0. The van der Waals surface area contributed by atoms with Crippen molar-refractivity contribution in [3.63, 3.8) is 0 Å². The first kappa shape index (κ1) is 18.1. The summed E-state index contributed by atoms with van der Waals surface area (Å²) in [5.74, 6) is -0.790. The molecule has 118 valence electrons. The van der Waals surface area contributed by atoms with E-state index in [1.165, 1.54) is 27.7 Å². The Hall–Kier alpha value is -0.955. The molecule has 0 fully saturated rings. The van der Waals surface area contributed by atoms with Crippen LogP contribution >= 0.6 is 0 Å². The lowest BCUT2D eigenvalue weighted by molar-refractivity contribution is -0.0983. The highest BCUT2D eigenvalue weighted by atomic mass is 32.2. The molecule has 0 spiro atoms. The maximum absolute atomic E-state index is 13.8. The van der Waals surface area contributed by atoms with E-state index < -0.39 is 34.0 Å². The molecule has 0 unspecified atom stereocenters. The van der Waals surface area contributed by atoms with Crippen LogP contribution in [0.1, 0.15) is 27.7 Å². The molecule has 0 aliphatic heterocycles. The molecule has 0 atom stereocenters. The molecular weight excluding hydrogens is 298 g/mol. The molecule has 0 radical (unpaired) electrons. The Morgan fingerprint density at radius 3 is 2.19 bits per heavy atom. The molecule has 1 aromatic carbocycles. The molecular formula is C13H20BFO5S. The van der Waals surface area contributed by atoms with Crippen molar-refractivity contribution in [1.82, 2.24) is 0 Å². The molecule has 0 aromatic heterocycles. The Labute approximate surface area is 124 Å². The molecule has 0 bridgehead atoms. The monoisotopic (exact) mass is 318 g/mol. The van der Waals surface area contributed by atoms with Crippen molar-refractivity contribution in [3.8, 4) is 0 Å². The minimum Gasteiger partial charge on any atom is -0.423 e. The van der Waals surface area contributed by atoms with Crippen molar-refractivity contribution >= 4 is 22.4 Å². The van der Waals surface area contributed by atoms with Gasteiger partial charge in [0, 0.05) is 11.7 Å². The van der Waals surface area contributed by atoms with Gasteiger partial charge in [0.1, 0.15) is 5.82 Å². The van der Waals surface area contributed by atoms with Crippen LogP contribution in [0.2, 0.25) is 0 Å². The highest BCUT2D eigenvalue weighted by molar-refractivity contribution is 7.90. The summed E-state index contributed by atoms with van der Waals surface area (Å²) in [5.41, 5.74) is -2.77. The minimum atomic E-state index is -3.53. The van der Waals surface area contributed by atoms with Crippen LogP contribution < -0.4 is 5.46 Å². The second-order valence-electron chi connectivity index (χ2n) is 6.00. The van der Waals surface area contributed by atoms with Gasteiger partial charge in [-0.15, -0.1) is 0 Å². The Balaban J connectivity index is 3.17. The highest BCUT2D eigenvalue weighted by Gasteiger charge is 2.40. The zero-order valence-electron chi connectivity index (χ0n) is 12.7. The van der Waals surface area contributed by atoms with Crippen LogP contribution in [0.25, 0.3) is 0 Å². The normalized spacial score (nSPS) is 13.3. The molecule has 0 heterocycles. The van der Waals surface area contributed by atoms with E-state index in [4.69, 9.17) is 4.65 Å². The summed E-state index contributed by atoms with van der Waals surface area (Å²) in [7, 11) is -5.23. The number of aliphatic hydroxyl groups is 1. The summed E-state index contributed by atoms with van der Waals surface area (Å²) in [5, 5.41) is 20.0. The van der Waals surface area contributed by atoms with E-state index in [0.717, 1.165) is 24.5 Å². The largest absolute Gasteiger partial charge is 0.494 e. The molecule has 1 rings (SSSR count). The van der Waals surface area contributed by atoms with E-state index >= 15 is 0 Å². The zero-order chi connectivity index (χ0) is 16.6. The molecule has 0 aliphatic carbocycles. The molecule has 1 aromatic rings. The average Bonchev–Trinajstić information content (AvgIpc) is 2.25. The fraction of sp³-hybridized carbons (Fsp3) is 0.538. The van der Waals surface area contributed by atoms with Crippen LogP contribution in [-0.4, -0.2) is 43.1 Å². The van der Waals surface area contributed by atoms with Gasteiger partial charge >= 0.3 is 7.12 Å². The van der Waals surface area contributed by atoms with E-state index in [-0.39, 0.29) is 10.4 Å². The van der Waals surface area contributed by atoms with Crippen LogP contribution in [-0.2, 0) is 14.5 Å². The van der Waals surface area contributed by atoms with Gasteiger partial charge in [-0.1, -0.05) is 0 Å². The van der Waals surface area contributed by atoms with Crippen LogP contribution in [0, 0.1) is 5.82 Å². The maximum Gasteiger partial charge on any atom is 0.494 e. The predicted molar refractivity (Wildman–Crippen MR) is 78.6 cm³/mol. The second-order valence-corrected chi connectivity index (χ2v) is 8.01.